The van der Waals surface area contributed by atoms with E-state index in [9.17, 15) is 31.1 Å². The molecule has 1 aliphatic heterocycles. The molecule has 9 heteroatoms. The van der Waals surface area contributed by atoms with Gasteiger partial charge in [-0.2, -0.15) is 26.3 Å². The molecule has 0 saturated carbocycles. The molecular formula is C23H23F6NO2. The van der Waals surface area contributed by atoms with Crippen molar-refractivity contribution in [2.45, 2.75) is 57.2 Å². The van der Waals surface area contributed by atoms with Gasteiger partial charge in [0.05, 0.1) is 11.1 Å². The lowest BCUT2D eigenvalue weighted by Gasteiger charge is -2.40. The number of halogens is 6. The van der Waals surface area contributed by atoms with E-state index >= 15 is 0 Å². The lowest BCUT2D eigenvalue weighted by Crippen LogP contribution is -2.40. The first kappa shape index (κ1) is 24.1. The minimum absolute atomic E-state index is 0.0319. The van der Waals surface area contributed by atoms with Gasteiger partial charge in [-0.1, -0.05) is 37.3 Å². The number of alkyl halides is 6. The van der Waals surface area contributed by atoms with Crippen LogP contribution in [0.15, 0.2) is 48.5 Å². The van der Waals surface area contributed by atoms with Crippen LogP contribution in [0.25, 0.3) is 0 Å². The van der Waals surface area contributed by atoms with Crippen molar-refractivity contribution in [3.8, 4) is 0 Å². The Kier molecular flexibility index (Phi) is 7.17. The van der Waals surface area contributed by atoms with E-state index in [1.165, 1.54) is 30.3 Å². The van der Waals surface area contributed by atoms with E-state index in [0.29, 0.717) is 18.5 Å². The summed E-state index contributed by atoms with van der Waals surface area (Å²) in [6.45, 7) is 1.95. The molecule has 3 rings (SSSR count). The number of piperidine rings is 1. The molecule has 2 unspecified atom stereocenters. The van der Waals surface area contributed by atoms with Gasteiger partial charge in [0.15, 0.2) is 0 Å². The number of carbonyl (C=O) groups excluding carboxylic acids is 1. The summed E-state index contributed by atoms with van der Waals surface area (Å²) in [6, 6.07) is 9.33. The quantitative estimate of drug-likeness (QED) is 0.384. The number of hydrogen-bond donors (Lipinski definition) is 0. The van der Waals surface area contributed by atoms with Gasteiger partial charge < -0.3 is 4.74 Å². The Hall–Kier alpha value is -2.55. The van der Waals surface area contributed by atoms with Gasteiger partial charge in [-0.05, 0) is 35.7 Å². The minimum Gasteiger partial charge on any atom is -0.462 e. The third kappa shape index (κ3) is 5.82. The lowest BCUT2D eigenvalue weighted by molar-refractivity contribution is -0.152. The molecule has 1 heterocycles. The fourth-order valence-electron chi connectivity index (χ4n) is 3.94. The van der Waals surface area contributed by atoms with E-state index in [1.54, 1.807) is 11.8 Å². The maximum atomic E-state index is 13.4. The highest BCUT2D eigenvalue weighted by Gasteiger charge is 2.36. The number of ether oxygens (including phenoxy) is 1. The molecule has 2 aromatic rings. The van der Waals surface area contributed by atoms with Crippen LogP contribution in [0.5, 0.6) is 0 Å². The van der Waals surface area contributed by atoms with Crippen LogP contribution < -0.4 is 0 Å². The normalized spacial score (nSPS) is 20.2. The van der Waals surface area contributed by atoms with E-state index in [2.05, 4.69) is 0 Å². The molecule has 0 amide bonds. The number of benzene rings is 2. The molecule has 0 aromatic heterocycles. The van der Waals surface area contributed by atoms with Gasteiger partial charge in [-0.25, -0.2) is 0 Å². The van der Waals surface area contributed by atoms with Gasteiger partial charge in [0.2, 0.25) is 0 Å². The molecule has 1 aliphatic rings. The van der Waals surface area contributed by atoms with E-state index in [1.807, 2.05) is 0 Å². The number of nitrogens with zero attached hydrogens (tertiary/aromatic N) is 1. The molecule has 2 aromatic carbocycles. The first-order chi connectivity index (χ1) is 15.0. The number of esters is 1. The predicted octanol–water partition coefficient (Wildman–Crippen LogP) is 6.38. The average Bonchev–Trinajstić information content (AvgIpc) is 2.74. The molecule has 0 spiro atoms. The van der Waals surface area contributed by atoms with Gasteiger partial charge in [0.1, 0.15) is 6.10 Å². The van der Waals surface area contributed by atoms with E-state index < -0.39 is 41.6 Å². The molecule has 0 N–H and O–H groups in total. The van der Waals surface area contributed by atoms with Crippen molar-refractivity contribution < 1.29 is 35.9 Å². The fraction of sp³-hybridized carbons (Fsp3) is 0.435. The molecule has 3 nitrogen and oxygen atoms in total. The van der Waals surface area contributed by atoms with Crippen LogP contribution in [0.4, 0.5) is 26.3 Å². The van der Waals surface area contributed by atoms with Gasteiger partial charge in [0, 0.05) is 32.0 Å². The smallest absolute Gasteiger partial charge is 0.416 e. The summed E-state index contributed by atoms with van der Waals surface area (Å²) in [6.07, 6.45) is -8.57. The highest BCUT2D eigenvalue weighted by atomic mass is 19.4. The maximum Gasteiger partial charge on any atom is 0.416 e. The second-order valence-electron chi connectivity index (χ2n) is 7.75. The number of carbonyl (C=O) groups is 1. The van der Waals surface area contributed by atoms with Gasteiger partial charge in [-0.15, -0.1) is 0 Å². The Morgan fingerprint density at radius 3 is 2.25 bits per heavy atom. The highest BCUT2D eigenvalue weighted by Crippen LogP contribution is 2.38. The zero-order valence-corrected chi connectivity index (χ0v) is 17.3. The van der Waals surface area contributed by atoms with Crippen LogP contribution in [0, 0.1) is 0 Å². The number of hydrogen-bond acceptors (Lipinski definition) is 3. The van der Waals surface area contributed by atoms with Crippen molar-refractivity contribution >= 4 is 5.97 Å². The second-order valence-corrected chi connectivity index (χ2v) is 7.75. The molecule has 2 atom stereocenters. The molecule has 1 fully saturated rings. The largest absolute Gasteiger partial charge is 0.462 e. The maximum absolute atomic E-state index is 13.4. The van der Waals surface area contributed by atoms with Crippen molar-refractivity contribution in [3.05, 3.63) is 70.8 Å². The first-order valence-electron chi connectivity index (χ1n) is 10.2. The highest BCUT2D eigenvalue weighted by molar-refractivity contribution is 5.69. The Morgan fingerprint density at radius 2 is 1.66 bits per heavy atom. The fourth-order valence-corrected chi connectivity index (χ4v) is 3.94. The predicted molar refractivity (Wildman–Crippen MR) is 105 cm³/mol. The zero-order valence-electron chi connectivity index (χ0n) is 17.3. The Bertz CT molecular complexity index is 923. The van der Waals surface area contributed by atoms with Crippen LogP contribution in [0.3, 0.4) is 0 Å². The summed E-state index contributed by atoms with van der Waals surface area (Å²) >= 11 is 0. The van der Waals surface area contributed by atoms with Crippen LogP contribution >= 0.6 is 0 Å². The lowest BCUT2D eigenvalue weighted by atomic mass is 9.91. The van der Waals surface area contributed by atoms with Crippen LogP contribution in [0.2, 0.25) is 0 Å². The van der Waals surface area contributed by atoms with Crippen LogP contribution in [-0.2, 0) is 28.4 Å². The summed E-state index contributed by atoms with van der Waals surface area (Å²) < 4.78 is 84.6. The molecule has 174 valence electrons. The standard InChI is InChI=1S/C23H23F6NO2/c1-2-21(31)32-18-11-12-30(14-16-5-3-4-6-19(16)23(27,28)29)20(13-18)15-7-9-17(10-8-15)22(24,25)26/h3-10,18,20H,2,11-14H2,1H3. The third-order valence-corrected chi connectivity index (χ3v) is 5.57. The average molecular weight is 459 g/mol. The molecule has 32 heavy (non-hydrogen) atoms. The summed E-state index contributed by atoms with van der Waals surface area (Å²) in [5.74, 6) is -0.392. The number of likely N-dealkylation sites (tertiary alicyclic amines) is 1. The molecule has 0 bridgehead atoms. The molecule has 0 aliphatic carbocycles. The van der Waals surface area contributed by atoms with Gasteiger partial charge in [-0.3, -0.25) is 9.69 Å². The van der Waals surface area contributed by atoms with Crippen molar-refractivity contribution in [1.82, 2.24) is 4.90 Å². The summed E-state index contributed by atoms with van der Waals surface area (Å²) in [5.41, 5.74) is -0.939. The van der Waals surface area contributed by atoms with Gasteiger partial charge in [0.25, 0.3) is 0 Å². The van der Waals surface area contributed by atoms with Crippen molar-refractivity contribution in [1.29, 1.82) is 0 Å². The summed E-state index contributed by atoms with van der Waals surface area (Å²) in [5, 5.41) is 0. The van der Waals surface area contributed by atoms with Crippen LogP contribution in [0.1, 0.15) is 54.5 Å². The SMILES string of the molecule is CCC(=O)OC1CCN(Cc2ccccc2C(F)(F)F)C(c2ccc(C(F)(F)F)cc2)C1. The zero-order chi connectivity index (χ0) is 23.5. The van der Waals surface area contributed by atoms with Crippen molar-refractivity contribution in [2.75, 3.05) is 6.54 Å². The van der Waals surface area contributed by atoms with Crippen LogP contribution in [-0.4, -0.2) is 23.5 Å². The Balaban J connectivity index is 1.90. The monoisotopic (exact) mass is 459 g/mol. The van der Waals surface area contributed by atoms with E-state index in [-0.39, 0.29) is 24.9 Å². The van der Waals surface area contributed by atoms with E-state index in [4.69, 9.17) is 4.74 Å². The molecule has 0 radical (unpaired) electrons. The molecule has 1 saturated heterocycles. The van der Waals surface area contributed by atoms with Gasteiger partial charge >= 0.3 is 18.3 Å². The molecular weight excluding hydrogens is 436 g/mol. The topological polar surface area (TPSA) is 29.5 Å². The van der Waals surface area contributed by atoms with E-state index in [0.717, 1.165) is 18.2 Å². The Morgan fingerprint density at radius 1 is 1.00 bits per heavy atom. The first-order valence-corrected chi connectivity index (χ1v) is 10.2. The summed E-state index contributed by atoms with van der Waals surface area (Å²) in [4.78, 5) is 13.5. The Labute approximate surface area is 182 Å². The van der Waals surface area contributed by atoms with Crippen molar-refractivity contribution in [3.63, 3.8) is 0 Å². The summed E-state index contributed by atoms with van der Waals surface area (Å²) in [7, 11) is 0. The third-order valence-electron chi connectivity index (χ3n) is 5.57. The second kappa shape index (κ2) is 9.52. The van der Waals surface area contributed by atoms with Crippen molar-refractivity contribution in [2.24, 2.45) is 0 Å². The number of rotatable bonds is 5. The minimum atomic E-state index is -4.52.